The van der Waals surface area contributed by atoms with Gasteiger partial charge in [0.2, 0.25) is 11.0 Å². The highest BCUT2D eigenvalue weighted by molar-refractivity contribution is 7.99. The molecule has 10 heteroatoms. The minimum absolute atomic E-state index is 0.120. The fraction of sp³-hybridized carbons (Fsp3) is 0.235. The zero-order valence-corrected chi connectivity index (χ0v) is 16.3. The Morgan fingerprint density at radius 3 is 2.93 bits per heavy atom. The third kappa shape index (κ3) is 3.33. The highest BCUT2D eigenvalue weighted by Crippen LogP contribution is 2.24. The van der Waals surface area contributed by atoms with Gasteiger partial charge in [-0.25, -0.2) is 4.98 Å². The van der Waals surface area contributed by atoms with Crippen molar-refractivity contribution < 1.29 is 4.79 Å². The summed E-state index contributed by atoms with van der Waals surface area (Å²) in [5.74, 6) is -0.0955. The molecule has 0 saturated heterocycles. The molecule has 1 amide bonds. The van der Waals surface area contributed by atoms with Gasteiger partial charge in [-0.3, -0.25) is 19.5 Å². The number of thioether (sulfide) groups is 1. The molecule has 0 spiro atoms. The number of anilines is 1. The van der Waals surface area contributed by atoms with E-state index in [-0.39, 0.29) is 17.2 Å². The van der Waals surface area contributed by atoms with Crippen molar-refractivity contribution in [2.75, 3.05) is 11.1 Å². The normalized spacial score (nSPS) is 11.3. The first kappa shape index (κ1) is 17.7. The summed E-state index contributed by atoms with van der Waals surface area (Å²) in [5.41, 5.74) is 1.78. The lowest BCUT2D eigenvalue weighted by atomic mass is 10.2. The van der Waals surface area contributed by atoms with Crippen molar-refractivity contribution in [1.29, 1.82) is 0 Å². The average Bonchev–Trinajstić information content (AvgIpc) is 3.28. The number of fused-ring (bicyclic) bond motifs is 3. The lowest BCUT2D eigenvalue weighted by Crippen LogP contribution is -2.21. The predicted octanol–water partition coefficient (Wildman–Crippen LogP) is 2.56. The number of rotatable bonds is 5. The summed E-state index contributed by atoms with van der Waals surface area (Å²) in [6.07, 6.45) is 0.777. The van der Waals surface area contributed by atoms with Crippen LogP contribution < -0.4 is 10.9 Å². The molecule has 3 aromatic heterocycles. The number of carbonyl (C=O) groups is 1. The van der Waals surface area contributed by atoms with Crippen LogP contribution >= 0.6 is 23.1 Å². The summed E-state index contributed by atoms with van der Waals surface area (Å²) in [4.78, 5) is 32.6. The molecule has 0 aliphatic rings. The molecule has 2 N–H and O–H groups in total. The summed E-state index contributed by atoms with van der Waals surface area (Å²) in [7, 11) is 1.65. The number of carbonyl (C=O) groups excluding carboxylic acids is 1. The Bertz CT molecular complexity index is 1210. The van der Waals surface area contributed by atoms with Crippen molar-refractivity contribution in [1.82, 2.24) is 24.7 Å². The van der Waals surface area contributed by atoms with E-state index in [0.29, 0.717) is 21.3 Å². The molecule has 0 atom stereocenters. The van der Waals surface area contributed by atoms with Gasteiger partial charge < -0.3 is 4.98 Å². The van der Waals surface area contributed by atoms with Gasteiger partial charge in [0.1, 0.15) is 16.0 Å². The number of nitrogens with zero attached hydrogens (tertiary/aromatic N) is 4. The molecule has 0 saturated carbocycles. The SMILES string of the molecule is CCc1nnc(NC(=O)CSc2nc3c([nH]c4ccccc43)c(=O)n2C)s1. The molecular weight excluding hydrogens is 384 g/mol. The number of nitrogens with one attached hydrogen (secondary N) is 2. The standard InChI is InChI=1S/C17H16N6O2S2/c1-3-12-21-22-16(27-12)19-11(24)8-26-17-20-13-9-6-4-5-7-10(9)18-14(13)15(25)23(17)2/h4-7,18H,3,8H2,1-2H3,(H,19,22,24). The molecule has 27 heavy (non-hydrogen) atoms. The second-order valence-electron chi connectivity index (χ2n) is 5.84. The third-order valence-electron chi connectivity index (χ3n) is 4.04. The van der Waals surface area contributed by atoms with E-state index in [4.69, 9.17) is 0 Å². The molecule has 0 aliphatic heterocycles. The van der Waals surface area contributed by atoms with Crippen LogP contribution in [0.15, 0.2) is 34.2 Å². The summed E-state index contributed by atoms with van der Waals surface area (Å²) >= 11 is 2.56. The number of aromatic amines is 1. The molecule has 3 heterocycles. The first-order valence-corrected chi connectivity index (χ1v) is 10.1. The monoisotopic (exact) mass is 400 g/mol. The minimum Gasteiger partial charge on any atom is -0.349 e. The second-order valence-corrected chi connectivity index (χ2v) is 7.85. The number of amides is 1. The molecule has 138 valence electrons. The van der Waals surface area contributed by atoms with E-state index in [9.17, 15) is 9.59 Å². The zero-order chi connectivity index (χ0) is 19.0. The van der Waals surface area contributed by atoms with Gasteiger partial charge in [0.15, 0.2) is 5.16 Å². The fourth-order valence-corrected chi connectivity index (χ4v) is 4.15. The molecule has 8 nitrogen and oxygen atoms in total. The van der Waals surface area contributed by atoms with Gasteiger partial charge in [0.25, 0.3) is 5.56 Å². The summed E-state index contributed by atoms with van der Waals surface area (Å²) in [6, 6.07) is 7.63. The maximum atomic E-state index is 12.7. The van der Waals surface area contributed by atoms with Crippen molar-refractivity contribution >= 4 is 56.1 Å². The van der Waals surface area contributed by atoms with Crippen molar-refractivity contribution in [3.63, 3.8) is 0 Å². The first-order chi connectivity index (χ1) is 13.1. The molecule has 4 rings (SSSR count). The Hall–Kier alpha value is -2.72. The predicted molar refractivity (Wildman–Crippen MR) is 107 cm³/mol. The summed E-state index contributed by atoms with van der Waals surface area (Å²) in [6.45, 7) is 1.98. The Morgan fingerprint density at radius 2 is 2.15 bits per heavy atom. The van der Waals surface area contributed by atoms with Crippen LogP contribution in [0.4, 0.5) is 5.13 Å². The van der Waals surface area contributed by atoms with E-state index in [1.54, 1.807) is 7.05 Å². The van der Waals surface area contributed by atoms with Gasteiger partial charge in [-0.1, -0.05) is 48.2 Å². The van der Waals surface area contributed by atoms with Gasteiger partial charge in [-0.15, -0.1) is 10.2 Å². The number of para-hydroxylation sites is 1. The first-order valence-electron chi connectivity index (χ1n) is 8.29. The van der Waals surface area contributed by atoms with Gasteiger partial charge in [-0.05, 0) is 12.5 Å². The molecule has 0 bridgehead atoms. The van der Waals surface area contributed by atoms with Gasteiger partial charge >= 0.3 is 0 Å². The van der Waals surface area contributed by atoms with Crippen LogP contribution in [0.3, 0.4) is 0 Å². The van der Waals surface area contributed by atoms with E-state index in [1.807, 2.05) is 31.2 Å². The van der Waals surface area contributed by atoms with Crippen LogP contribution in [0.2, 0.25) is 0 Å². The Labute approximate surface area is 162 Å². The molecule has 0 unspecified atom stereocenters. The Morgan fingerprint density at radius 1 is 1.33 bits per heavy atom. The number of H-pyrrole nitrogens is 1. The molecule has 4 aromatic rings. The number of hydrogen-bond acceptors (Lipinski definition) is 7. The quantitative estimate of drug-likeness (QED) is 0.394. The largest absolute Gasteiger partial charge is 0.349 e. The van der Waals surface area contributed by atoms with Crippen LogP contribution in [0.1, 0.15) is 11.9 Å². The number of aryl methyl sites for hydroxylation is 1. The van der Waals surface area contributed by atoms with E-state index in [2.05, 4.69) is 25.5 Å². The minimum atomic E-state index is -0.216. The Balaban J connectivity index is 1.58. The summed E-state index contributed by atoms with van der Waals surface area (Å²) < 4.78 is 1.45. The van der Waals surface area contributed by atoms with Crippen molar-refractivity contribution in [2.45, 2.75) is 18.5 Å². The Kier molecular flexibility index (Phi) is 4.66. The van der Waals surface area contributed by atoms with Crippen LogP contribution in [0.25, 0.3) is 21.9 Å². The van der Waals surface area contributed by atoms with E-state index in [0.717, 1.165) is 22.3 Å². The van der Waals surface area contributed by atoms with E-state index < -0.39 is 0 Å². The van der Waals surface area contributed by atoms with Crippen LogP contribution in [-0.4, -0.2) is 36.4 Å². The average molecular weight is 400 g/mol. The van der Waals surface area contributed by atoms with Crippen molar-refractivity contribution in [3.05, 3.63) is 39.6 Å². The summed E-state index contributed by atoms with van der Waals surface area (Å²) in [5, 5.41) is 13.4. The van der Waals surface area contributed by atoms with Crippen LogP contribution in [0.5, 0.6) is 0 Å². The fourth-order valence-electron chi connectivity index (χ4n) is 2.68. The van der Waals surface area contributed by atoms with E-state index >= 15 is 0 Å². The number of benzene rings is 1. The number of aromatic nitrogens is 5. The molecule has 0 fully saturated rings. The van der Waals surface area contributed by atoms with Gasteiger partial charge in [0.05, 0.1) is 5.75 Å². The van der Waals surface area contributed by atoms with Crippen LogP contribution in [-0.2, 0) is 18.3 Å². The smallest absolute Gasteiger partial charge is 0.278 e. The van der Waals surface area contributed by atoms with Crippen molar-refractivity contribution in [3.8, 4) is 0 Å². The van der Waals surface area contributed by atoms with Crippen LogP contribution in [0, 0.1) is 0 Å². The lowest BCUT2D eigenvalue weighted by Gasteiger charge is -2.06. The second kappa shape index (κ2) is 7.12. The highest BCUT2D eigenvalue weighted by Gasteiger charge is 2.15. The molecule has 0 aliphatic carbocycles. The topological polar surface area (TPSA) is 106 Å². The van der Waals surface area contributed by atoms with Gasteiger partial charge in [0, 0.05) is 18.0 Å². The third-order valence-corrected chi connectivity index (χ3v) is 6.05. The molecule has 1 aromatic carbocycles. The van der Waals surface area contributed by atoms with Crippen molar-refractivity contribution in [2.24, 2.45) is 7.05 Å². The number of hydrogen-bond donors (Lipinski definition) is 2. The molecule has 0 radical (unpaired) electrons. The van der Waals surface area contributed by atoms with E-state index in [1.165, 1.54) is 27.7 Å². The maximum Gasteiger partial charge on any atom is 0.278 e. The lowest BCUT2D eigenvalue weighted by molar-refractivity contribution is -0.113. The van der Waals surface area contributed by atoms with Gasteiger partial charge in [-0.2, -0.15) is 0 Å². The maximum absolute atomic E-state index is 12.7. The zero-order valence-electron chi connectivity index (χ0n) is 14.6. The molecular formula is C17H16N6O2S2. The highest BCUT2D eigenvalue weighted by atomic mass is 32.2.